The van der Waals surface area contributed by atoms with Gasteiger partial charge in [-0.15, -0.1) is 11.3 Å². The maximum Gasteiger partial charge on any atom is 0.348 e. The summed E-state index contributed by atoms with van der Waals surface area (Å²) in [6.45, 7) is 3.89. The van der Waals surface area contributed by atoms with E-state index in [0.29, 0.717) is 26.9 Å². The number of rotatable bonds is 5. The van der Waals surface area contributed by atoms with Crippen LogP contribution in [0, 0.1) is 13.8 Å². The van der Waals surface area contributed by atoms with Gasteiger partial charge in [0, 0.05) is 25.4 Å². The molecule has 0 aliphatic heterocycles. The van der Waals surface area contributed by atoms with Crippen LogP contribution in [-0.2, 0) is 11.8 Å². The number of aliphatic hydroxyl groups excluding tert-OH is 1. The number of ether oxygens (including phenoxy) is 1. The molecule has 0 spiro atoms. The van der Waals surface area contributed by atoms with Crippen molar-refractivity contribution >= 4 is 33.3 Å². The van der Waals surface area contributed by atoms with Gasteiger partial charge in [-0.2, -0.15) is 5.10 Å². The highest BCUT2D eigenvalue weighted by Gasteiger charge is 2.21. The molecule has 0 saturated carbocycles. The molecule has 0 radical (unpaired) electrons. The summed E-state index contributed by atoms with van der Waals surface area (Å²) in [6, 6.07) is 0. The van der Waals surface area contributed by atoms with Crippen molar-refractivity contribution in [3.8, 4) is 0 Å². The summed E-state index contributed by atoms with van der Waals surface area (Å²) in [5.74, 6) is 0.789. The summed E-state index contributed by atoms with van der Waals surface area (Å²) in [7, 11) is 3.15. The molecular formula is C16H19N5O3S. The SMILES string of the molecule is COC(=O)c1sc2nc(C)nc(NCC(O)c3cnn(C)c3)c2c1C. The molecule has 0 aliphatic carbocycles. The van der Waals surface area contributed by atoms with Crippen LogP contribution in [0.4, 0.5) is 5.82 Å². The second-order valence-corrected chi connectivity index (χ2v) is 6.69. The number of nitrogens with zero attached hydrogens (tertiary/aromatic N) is 4. The van der Waals surface area contributed by atoms with Crippen LogP contribution in [0.5, 0.6) is 0 Å². The molecule has 3 aromatic rings. The maximum atomic E-state index is 11.9. The molecule has 3 heterocycles. The number of hydrogen-bond donors (Lipinski definition) is 2. The summed E-state index contributed by atoms with van der Waals surface area (Å²) in [4.78, 5) is 22.0. The van der Waals surface area contributed by atoms with Crippen molar-refractivity contribution in [3.05, 3.63) is 34.2 Å². The minimum atomic E-state index is -0.724. The van der Waals surface area contributed by atoms with Crippen LogP contribution in [0.15, 0.2) is 12.4 Å². The lowest BCUT2D eigenvalue weighted by atomic mass is 10.2. The third-order valence-corrected chi connectivity index (χ3v) is 5.01. The van der Waals surface area contributed by atoms with Gasteiger partial charge in [0.2, 0.25) is 0 Å². The number of methoxy groups -OCH3 is 1. The topological polar surface area (TPSA) is 102 Å². The summed E-state index contributed by atoms with van der Waals surface area (Å²) in [6.07, 6.45) is 2.66. The molecule has 1 unspecified atom stereocenters. The fraction of sp³-hybridized carbons (Fsp3) is 0.375. The molecule has 3 rings (SSSR count). The molecule has 0 bridgehead atoms. The zero-order valence-corrected chi connectivity index (χ0v) is 15.2. The first-order chi connectivity index (χ1) is 11.9. The number of aromatic nitrogens is 4. The first-order valence-electron chi connectivity index (χ1n) is 7.67. The number of aliphatic hydroxyl groups is 1. The van der Waals surface area contributed by atoms with Gasteiger partial charge in [0.1, 0.15) is 21.3 Å². The lowest BCUT2D eigenvalue weighted by Gasteiger charge is -2.12. The monoisotopic (exact) mass is 361 g/mol. The van der Waals surface area contributed by atoms with Gasteiger partial charge in [0.15, 0.2) is 0 Å². The minimum Gasteiger partial charge on any atom is -0.465 e. The predicted molar refractivity (Wildman–Crippen MR) is 94.9 cm³/mol. The Bertz CT molecular complexity index is 933. The van der Waals surface area contributed by atoms with E-state index in [0.717, 1.165) is 10.9 Å². The molecule has 8 nitrogen and oxygen atoms in total. The third-order valence-electron chi connectivity index (χ3n) is 3.85. The molecule has 25 heavy (non-hydrogen) atoms. The minimum absolute atomic E-state index is 0.264. The molecule has 0 aliphatic rings. The Morgan fingerprint density at radius 2 is 2.20 bits per heavy atom. The Kier molecular flexibility index (Phi) is 4.69. The Balaban J connectivity index is 1.92. The van der Waals surface area contributed by atoms with E-state index in [1.54, 1.807) is 31.0 Å². The molecule has 0 saturated heterocycles. The molecule has 0 aromatic carbocycles. The van der Waals surface area contributed by atoms with Crippen molar-refractivity contribution in [1.82, 2.24) is 19.7 Å². The molecular weight excluding hydrogens is 342 g/mol. The van der Waals surface area contributed by atoms with E-state index in [-0.39, 0.29) is 12.5 Å². The number of fused-ring (bicyclic) bond motifs is 1. The Morgan fingerprint density at radius 3 is 2.84 bits per heavy atom. The molecule has 0 amide bonds. The van der Waals surface area contributed by atoms with Crippen molar-refractivity contribution in [2.75, 3.05) is 19.0 Å². The van der Waals surface area contributed by atoms with Crippen LogP contribution in [0.2, 0.25) is 0 Å². The van der Waals surface area contributed by atoms with Crippen LogP contribution in [0.1, 0.15) is 32.7 Å². The van der Waals surface area contributed by atoms with E-state index in [2.05, 4.69) is 20.4 Å². The summed E-state index contributed by atoms with van der Waals surface area (Å²) in [5, 5.41) is 18.3. The van der Waals surface area contributed by atoms with Crippen molar-refractivity contribution in [3.63, 3.8) is 0 Å². The van der Waals surface area contributed by atoms with Gasteiger partial charge in [-0.1, -0.05) is 0 Å². The number of anilines is 1. The van der Waals surface area contributed by atoms with Crippen molar-refractivity contribution in [1.29, 1.82) is 0 Å². The first-order valence-corrected chi connectivity index (χ1v) is 8.49. The zero-order valence-electron chi connectivity index (χ0n) is 14.4. The fourth-order valence-electron chi connectivity index (χ4n) is 2.58. The molecule has 1 atom stereocenters. The van der Waals surface area contributed by atoms with Crippen LogP contribution >= 0.6 is 11.3 Å². The fourth-order valence-corrected chi connectivity index (χ4v) is 3.73. The van der Waals surface area contributed by atoms with E-state index in [4.69, 9.17) is 4.74 Å². The Morgan fingerprint density at radius 1 is 1.44 bits per heavy atom. The highest BCUT2D eigenvalue weighted by Crippen LogP contribution is 2.34. The number of carbonyl (C=O) groups is 1. The quantitative estimate of drug-likeness (QED) is 0.670. The van der Waals surface area contributed by atoms with Crippen LogP contribution < -0.4 is 5.32 Å². The first kappa shape index (κ1) is 17.3. The third kappa shape index (κ3) is 3.33. The molecule has 0 fully saturated rings. The summed E-state index contributed by atoms with van der Waals surface area (Å²) in [5.41, 5.74) is 1.49. The Labute approximate surface area is 148 Å². The van der Waals surface area contributed by atoms with Crippen molar-refractivity contribution in [2.45, 2.75) is 20.0 Å². The second-order valence-electron chi connectivity index (χ2n) is 5.69. The molecule has 2 N–H and O–H groups in total. The summed E-state index contributed by atoms with van der Waals surface area (Å²) < 4.78 is 6.46. The van der Waals surface area contributed by atoms with Crippen molar-refractivity contribution < 1.29 is 14.6 Å². The van der Waals surface area contributed by atoms with E-state index in [1.807, 2.05) is 6.92 Å². The van der Waals surface area contributed by atoms with Gasteiger partial charge in [-0.05, 0) is 19.4 Å². The highest BCUT2D eigenvalue weighted by molar-refractivity contribution is 7.20. The maximum absolute atomic E-state index is 11.9. The second kappa shape index (κ2) is 6.77. The normalized spacial score (nSPS) is 12.4. The van der Waals surface area contributed by atoms with Gasteiger partial charge >= 0.3 is 5.97 Å². The van der Waals surface area contributed by atoms with Gasteiger partial charge < -0.3 is 15.2 Å². The van der Waals surface area contributed by atoms with Gasteiger partial charge in [-0.3, -0.25) is 4.68 Å². The number of thiophene rings is 1. The van der Waals surface area contributed by atoms with Gasteiger partial charge in [0.25, 0.3) is 0 Å². The number of esters is 1. The standard InChI is InChI=1S/C16H19N5O3S/c1-8-12-14(17-6-11(22)10-5-18-21(3)7-10)19-9(2)20-15(12)25-13(8)16(23)24-4/h5,7,11,22H,6H2,1-4H3,(H,17,19,20). The van der Waals surface area contributed by atoms with Crippen LogP contribution in [0.3, 0.4) is 0 Å². The van der Waals surface area contributed by atoms with Gasteiger partial charge in [-0.25, -0.2) is 14.8 Å². The average molecular weight is 361 g/mol. The molecule has 132 valence electrons. The number of nitrogens with one attached hydrogen (secondary N) is 1. The van der Waals surface area contributed by atoms with Crippen LogP contribution in [0.25, 0.3) is 10.2 Å². The van der Waals surface area contributed by atoms with Gasteiger partial charge in [0.05, 0.1) is 24.8 Å². The lowest BCUT2D eigenvalue weighted by Crippen LogP contribution is -2.13. The number of aryl methyl sites for hydroxylation is 3. The number of carbonyl (C=O) groups excluding carboxylic acids is 1. The van der Waals surface area contributed by atoms with Crippen LogP contribution in [-0.4, -0.2) is 44.5 Å². The number of hydrogen-bond acceptors (Lipinski definition) is 8. The van der Waals surface area contributed by atoms with E-state index in [9.17, 15) is 9.90 Å². The van der Waals surface area contributed by atoms with E-state index < -0.39 is 6.10 Å². The smallest absolute Gasteiger partial charge is 0.348 e. The molecule has 9 heteroatoms. The highest BCUT2D eigenvalue weighted by atomic mass is 32.1. The largest absolute Gasteiger partial charge is 0.465 e. The zero-order chi connectivity index (χ0) is 18.1. The van der Waals surface area contributed by atoms with Crippen molar-refractivity contribution in [2.24, 2.45) is 7.05 Å². The van der Waals surface area contributed by atoms with E-state index in [1.165, 1.54) is 18.4 Å². The average Bonchev–Trinajstić information content (AvgIpc) is 3.15. The molecule has 3 aromatic heterocycles. The van der Waals surface area contributed by atoms with E-state index >= 15 is 0 Å². The lowest BCUT2D eigenvalue weighted by molar-refractivity contribution is 0.0605. The summed E-state index contributed by atoms with van der Waals surface area (Å²) >= 11 is 1.28. The Hall–Kier alpha value is -2.52. The predicted octanol–water partition coefficient (Wildman–Crippen LogP) is 1.97.